The quantitative estimate of drug-likeness (QED) is 0.658. The molecule has 5 heteroatoms. The van der Waals surface area contributed by atoms with E-state index in [0.717, 1.165) is 31.6 Å². The number of fused-ring (bicyclic) bond motifs is 1. The molecule has 96 valence electrons. The van der Waals surface area contributed by atoms with Crippen molar-refractivity contribution < 1.29 is 4.74 Å². The van der Waals surface area contributed by atoms with Gasteiger partial charge in [0.2, 0.25) is 0 Å². The summed E-state index contributed by atoms with van der Waals surface area (Å²) in [7, 11) is 0. The van der Waals surface area contributed by atoms with Crippen LogP contribution in [0.4, 0.5) is 0 Å². The van der Waals surface area contributed by atoms with Crippen LogP contribution in [-0.4, -0.2) is 18.2 Å². The second kappa shape index (κ2) is 5.32. The van der Waals surface area contributed by atoms with Gasteiger partial charge < -0.3 is 4.74 Å². The lowest BCUT2D eigenvalue weighted by molar-refractivity contribution is 0.0536. The molecular weight excluding hydrogens is 246 g/mol. The zero-order valence-electron chi connectivity index (χ0n) is 10.1. The number of rotatable bonds is 3. The van der Waals surface area contributed by atoms with Gasteiger partial charge in [-0.15, -0.1) is 11.3 Å². The Morgan fingerprint density at radius 2 is 2.28 bits per heavy atom. The highest BCUT2D eigenvalue weighted by molar-refractivity contribution is 7.17. The summed E-state index contributed by atoms with van der Waals surface area (Å²) in [5.41, 5.74) is 5.20. The van der Waals surface area contributed by atoms with Crippen LogP contribution in [0.1, 0.15) is 24.4 Å². The Morgan fingerprint density at radius 3 is 3.06 bits per heavy atom. The van der Waals surface area contributed by atoms with Crippen molar-refractivity contribution in [1.82, 2.24) is 10.4 Å². The molecule has 3 rings (SSSR count). The van der Waals surface area contributed by atoms with E-state index in [2.05, 4.69) is 21.9 Å². The third-order valence-electron chi connectivity index (χ3n) is 3.60. The fourth-order valence-corrected chi connectivity index (χ4v) is 3.37. The molecule has 0 amide bonds. The van der Waals surface area contributed by atoms with Crippen molar-refractivity contribution in [3.8, 4) is 0 Å². The van der Waals surface area contributed by atoms with E-state index in [0.29, 0.717) is 5.92 Å². The highest BCUT2D eigenvalue weighted by Gasteiger charge is 2.25. The Labute approximate surface area is 110 Å². The van der Waals surface area contributed by atoms with E-state index in [1.54, 1.807) is 11.3 Å². The van der Waals surface area contributed by atoms with Crippen LogP contribution in [0.15, 0.2) is 23.7 Å². The van der Waals surface area contributed by atoms with E-state index >= 15 is 0 Å². The highest BCUT2D eigenvalue weighted by Crippen LogP contribution is 2.31. The van der Waals surface area contributed by atoms with Crippen LogP contribution in [-0.2, 0) is 4.74 Å². The van der Waals surface area contributed by atoms with Crippen LogP contribution in [0, 0.1) is 5.92 Å². The maximum Gasteiger partial charge on any atom is 0.0809 e. The number of pyridine rings is 1. The lowest BCUT2D eigenvalue weighted by Gasteiger charge is -2.29. The Morgan fingerprint density at radius 1 is 1.44 bits per heavy atom. The molecule has 2 aromatic heterocycles. The maximum absolute atomic E-state index is 5.74. The fraction of sp³-hybridized carbons (Fsp3) is 0.462. The zero-order valence-corrected chi connectivity index (χ0v) is 11.0. The third-order valence-corrected chi connectivity index (χ3v) is 4.45. The van der Waals surface area contributed by atoms with E-state index in [-0.39, 0.29) is 6.04 Å². The predicted molar refractivity (Wildman–Crippen MR) is 73.2 cm³/mol. The van der Waals surface area contributed by atoms with Crippen molar-refractivity contribution >= 4 is 21.6 Å². The summed E-state index contributed by atoms with van der Waals surface area (Å²) in [4.78, 5) is 4.49. The van der Waals surface area contributed by atoms with Crippen LogP contribution < -0.4 is 11.3 Å². The van der Waals surface area contributed by atoms with Gasteiger partial charge in [0.15, 0.2) is 0 Å². The molecule has 1 atom stereocenters. The van der Waals surface area contributed by atoms with Gasteiger partial charge in [-0.3, -0.25) is 16.3 Å². The lowest BCUT2D eigenvalue weighted by Crippen LogP contribution is -2.36. The summed E-state index contributed by atoms with van der Waals surface area (Å²) in [5, 5.41) is 2.07. The van der Waals surface area contributed by atoms with E-state index < -0.39 is 0 Å². The first-order valence-electron chi connectivity index (χ1n) is 6.25. The molecule has 0 aliphatic carbocycles. The Kier molecular flexibility index (Phi) is 3.56. The fourth-order valence-electron chi connectivity index (χ4n) is 2.59. The molecular formula is C13H17N3OS. The number of aromatic nitrogens is 1. The Bertz CT molecular complexity index is 522. The molecule has 2 aromatic rings. The maximum atomic E-state index is 5.74. The smallest absolute Gasteiger partial charge is 0.0809 e. The van der Waals surface area contributed by atoms with E-state index in [9.17, 15) is 0 Å². The van der Waals surface area contributed by atoms with Gasteiger partial charge in [-0.2, -0.15) is 0 Å². The predicted octanol–water partition coefficient (Wildman–Crippen LogP) is 2.23. The van der Waals surface area contributed by atoms with Crippen LogP contribution in [0.3, 0.4) is 0 Å². The number of ether oxygens (including phenoxy) is 1. The standard InChI is InChI=1S/C13H17N3OS/c14-16-13(9-1-4-17-5-2-9)10-7-12-11(15-8-10)3-6-18-12/h3,6-9,13,16H,1-2,4-5,14H2. The second-order valence-electron chi connectivity index (χ2n) is 4.67. The molecule has 0 bridgehead atoms. The number of hydrazine groups is 1. The summed E-state index contributed by atoms with van der Waals surface area (Å²) in [5.74, 6) is 6.27. The van der Waals surface area contributed by atoms with Gasteiger partial charge in [-0.25, -0.2) is 0 Å². The number of hydrogen-bond donors (Lipinski definition) is 2. The van der Waals surface area contributed by atoms with Gasteiger partial charge in [0.25, 0.3) is 0 Å². The molecule has 1 unspecified atom stereocenters. The molecule has 1 aliphatic heterocycles. The van der Waals surface area contributed by atoms with Crippen LogP contribution in [0.5, 0.6) is 0 Å². The van der Waals surface area contributed by atoms with Gasteiger partial charge >= 0.3 is 0 Å². The number of nitrogens with two attached hydrogens (primary N) is 1. The first kappa shape index (κ1) is 12.0. The highest BCUT2D eigenvalue weighted by atomic mass is 32.1. The summed E-state index contributed by atoms with van der Waals surface area (Å²) in [6.07, 6.45) is 4.05. The summed E-state index contributed by atoms with van der Waals surface area (Å²) in [6.45, 7) is 1.66. The van der Waals surface area contributed by atoms with Crippen LogP contribution in [0.2, 0.25) is 0 Å². The topological polar surface area (TPSA) is 60.2 Å². The SMILES string of the molecule is NNC(c1cnc2ccsc2c1)C1CCOCC1. The molecule has 1 saturated heterocycles. The minimum absolute atomic E-state index is 0.174. The average molecular weight is 263 g/mol. The first-order valence-corrected chi connectivity index (χ1v) is 7.13. The van der Waals surface area contributed by atoms with Gasteiger partial charge in [0.1, 0.15) is 0 Å². The number of thiophene rings is 1. The molecule has 0 spiro atoms. The summed E-state index contributed by atoms with van der Waals surface area (Å²) < 4.78 is 6.63. The molecule has 0 aromatic carbocycles. The molecule has 1 fully saturated rings. The molecule has 4 nitrogen and oxygen atoms in total. The van der Waals surface area contributed by atoms with Crippen LogP contribution in [0.25, 0.3) is 10.2 Å². The molecule has 0 saturated carbocycles. The van der Waals surface area contributed by atoms with Crippen LogP contribution >= 0.6 is 11.3 Å². The van der Waals surface area contributed by atoms with Gasteiger partial charge in [-0.05, 0) is 41.8 Å². The van der Waals surface area contributed by atoms with Crippen molar-refractivity contribution in [2.24, 2.45) is 11.8 Å². The lowest BCUT2D eigenvalue weighted by atomic mass is 9.88. The van der Waals surface area contributed by atoms with Gasteiger partial charge in [0, 0.05) is 19.4 Å². The zero-order chi connectivity index (χ0) is 12.4. The monoisotopic (exact) mass is 263 g/mol. The normalized spacial score (nSPS) is 19.2. The molecule has 18 heavy (non-hydrogen) atoms. The molecule has 3 N–H and O–H groups in total. The van der Waals surface area contributed by atoms with E-state index in [4.69, 9.17) is 10.6 Å². The number of nitrogens with one attached hydrogen (secondary N) is 1. The minimum atomic E-state index is 0.174. The summed E-state index contributed by atoms with van der Waals surface area (Å²) >= 11 is 1.72. The second-order valence-corrected chi connectivity index (χ2v) is 5.61. The van der Waals surface area contributed by atoms with Gasteiger partial charge in [-0.1, -0.05) is 0 Å². The molecule has 3 heterocycles. The Hall–Kier alpha value is -1.01. The Balaban J connectivity index is 1.89. The summed E-state index contributed by atoms with van der Waals surface area (Å²) in [6, 6.07) is 4.42. The van der Waals surface area contributed by atoms with E-state index in [1.165, 1.54) is 10.3 Å². The third kappa shape index (κ3) is 2.27. The number of nitrogens with zero attached hydrogens (tertiary/aromatic N) is 1. The largest absolute Gasteiger partial charge is 0.381 e. The van der Waals surface area contributed by atoms with Crippen molar-refractivity contribution in [3.05, 3.63) is 29.3 Å². The van der Waals surface area contributed by atoms with Gasteiger partial charge in [0.05, 0.1) is 16.3 Å². The van der Waals surface area contributed by atoms with E-state index in [1.807, 2.05) is 12.3 Å². The molecule has 0 radical (unpaired) electrons. The molecule has 1 aliphatic rings. The number of hydrogen-bond acceptors (Lipinski definition) is 5. The average Bonchev–Trinajstić information content (AvgIpc) is 2.88. The van der Waals surface area contributed by atoms with Crippen molar-refractivity contribution in [2.45, 2.75) is 18.9 Å². The van der Waals surface area contributed by atoms with Crippen molar-refractivity contribution in [1.29, 1.82) is 0 Å². The first-order chi connectivity index (χ1) is 8.88. The van der Waals surface area contributed by atoms with Crippen molar-refractivity contribution in [2.75, 3.05) is 13.2 Å². The van der Waals surface area contributed by atoms with Crippen molar-refractivity contribution in [3.63, 3.8) is 0 Å². The minimum Gasteiger partial charge on any atom is -0.381 e.